The van der Waals surface area contributed by atoms with Gasteiger partial charge in [-0.15, -0.1) is 0 Å². The second kappa shape index (κ2) is 55.9. The topological polar surface area (TPSA) is 793 Å². The number of carbonyl (C=O) groups is 12. The highest BCUT2D eigenvalue weighted by atomic mass is 32.1. The van der Waals surface area contributed by atoms with Crippen LogP contribution in [0.15, 0.2) is 30.0 Å². The first-order valence-corrected chi connectivity index (χ1v) is 36.8. The van der Waals surface area contributed by atoms with E-state index in [2.05, 4.69) is 95.8 Å². The standard InChI is InChI=1S/C63H122N32O12S/c64-25-5-3-15-39-52(102)89-40(16-4-6-26-65)53(103)91-42(20-12-31-83-61(73)74)55(105)93-44(22-14-33-85-63(77)78)57(107)95(34-8-7-27-79-46(96)23-1-2-24-47(97)86-37(50(100)88-39)17-9-28-80-58(67)68)35-48(98)87-38(18-10-29-81-59(69)70)51(101)90-41(19-11-30-82-60(71)72)54(104)92-43(21-13-32-84-62(75)76)56(106)94-45(36-108)49(66)99/h37-45,108H,1-36,64-65H2,(H2,66,99)(H,79,96)(H,86,97)(H,87,98)(H,88,100)(H,89,102)(H,90,101)(H,91,103)(H,92,104)(H,93,105)(H,94,106)(H4,67,68,80)(H4,69,70,81)(H4,71,72,82)(H4,73,74,83)(H4,75,76,84)(H4,77,78,85)/t37-,38-,39-,40-,41-,42-,43-,44-,45-/m0/s1. The number of nitrogens with zero attached hydrogens (tertiary/aromatic N) is 7. The first-order valence-electron chi connectivity index (χ1n) is 36.2. The fourth-order valence-electron chi connectivity index (χ4n) is 10.7. The van der Waals surface area contributed by atoms with E-state index < -0.39 is 126 Å². The molecule has 1 aliphatic heterocycles. The summed E-state index contributed by atoms with van der Waals surface area (Å²) < 4.78 is 0. The molecule has 1 saturated heterocycles. The molecule has 0 aromatic carbocycles. The molecule has 0 radical (unpaired) electrons. The highest BCUT2D eigenvalue weighted by Gasteiger charge is 2.36. The highest BCUT2D eigenvalue weighted by Crippen LogP contribution is 2.14. The Morgan fingerprint density at radius 3 is 1.08 bits per heavy atom. The molecule has 0 unspecified atom stereocenters. The van der Waals surface area contributed by atoms with Crippen LogP contribution in [-0.2, 0) is 57.5 Å². The minimum Gasteiger partial charge on any atom is -0.370 e. The maximum absolute atomic E-state index is 15.4. The van der Waals surface area contributed by atoms with Crippen LogP contribution in [0.4, 0.5) is 0 Å². The maximum Gasteiger partial charge on any atom is 0.245 e. The van der Waals surface area contributed by atoms with Crippen molar-refractivity contribution in [1.82, 2.24) is 58.1 Å². The van der Waals surface area contributed by atoms with E-state index in [1.807, 2.05) is 0 Å². The molecule has 612 valence electrons. The van der Waals surface area contributed by atoms with Gasteiger partial charge >= 0.3 is 0 Å². The van der Waals surface area contributed by atoms with Crippen LogP contribution < -0.4 is 139 Å². The predicted octanol–water partition coefficient (Wildman–Crippen LogP) is -10.4. The van der Waals surface area contributed by atoms with Crippen LogP contribution in [-0.4, -0.2) is 244 Å². The molecule has 0 bridgehead atoms. The fraction of sp³-hybridized carbons (Fsp3) is 0.714. The van der Waals surface area contributed by atoms with Crippen molar-refractivity contribution >= 4 is 119 Å². The van der Waals surface area contributed by atoms with Crippen molar-refractivity contribution in [2.24, 2.45) is 116 Å². The van der Waals surface area contributed by atoms with Gasteiger partial charge in [0, 0.05) is 71.0 Å². The van der Waals surface area contributed by atoms with E-state index in [0.717, 1.165) is 4.90 Å². The SMILES string of the molecule is NCCCC[C@@H]1NC(=O)[C@H](CCCN=C(N)N)NC(=O)CCCCC(=O)NCCCCN(CC(=O)N[C@@H](CCCN=C(N)N)C(=O)N[C@@H](CCCN=C(N)N)C(=O)N[C@@H](CCCN=C(N)N)C(=O)N[C@@H](CS)C(N)=O)C(=O)[C@H](CCCN=C(N)N)NC(=O)[C@H](CCCN=C(N)N)NC(=O)[C@H](CCCCN)NC1=O. The average Bonchev–Trinajstić information content (AvgIpc) is 0.893. The van der Waals surface area contributed by atoms with Gasteiger partial charge in [-0.05, 0) is 154 Å². The molecule has 12 amide bonds. The number of unbranched alkanes of at least 4 members (excludes halogenated alkanes) is 2. The molecule has 1 heterocycles. The lowest BCUT2D eigenvalue weighted by Gasteiger charge is -2.30. The molecule has 1 fully saturated rings. The predicted molar refractivity (Wildman–Crippen MR) is 413 cm³/mol. The molecular weight excluding hydrogens is 1430 g/mol. The quantitative estimate of drug-likeness (QED) is 0.0117. The largest absolute Gasteiger partial charge is 0.370 e. The number of nitrogens with two attached hydrogens (primary N) is 15. The van der Waals surface area contributed by atoms with Gasteiger partial charge in [-0.3, -0.25) is 87.5 Å². The number of amides is 12. The van der Waals surface area contributed by atoms with E-state index in [-0.39, 0.29) is 241 Å². The summed E-state index contributed by atoms with van der Waals surface area (Å²) in [4.78, 5) is 196. The smallest absolute Gasteiger partial charge is 0.245 e. The van der Waals surface area contributed by atoms with Gasteiger partial charge in [0.2, 0.25) is 70.9 Å². The fourth-order valence-corrected chi connectivity index (χ4v) is 11.0. The first-order chi connectivity index (χ1) is 51.3. The molecule has 40 N–H and O–H groups in total. The Labute approximate surface area is 634 Å². The van der Waals surface area contributed by atoms with Crippen LogP contribution in [0.3, 0.4) is 0 Å². The van der Waals surface area contributed by atoms with Gasteiger partial charge in [0.1, 0.15) is 54.4 Å². The number of guanidine groups is 6. The van der Waals surface area contributed by atoms with Crippen LogP contribution in [0.25, 0.3) is 0 Å². The molecule has 9 atom stereocenters. The van der Waals surface area contributed by atoms with E-state index in [1.165, 1.54) is 0 Å². The number of thiol groups is 1. The number of aliphatic imine (C=N–C) groups is 6. The maximum atomic E-state index is 15.4. The van der Waals surface area contributed by atoms with Crippen LogP contribution in [0.1, 0.15) is 154 Å². The lowest BCUT2D eigenvalue weighted by molar-refractivity contribution is -0.141. The summed E-state index contributed by atoms with van der Waals surface area (Å²) in [7, 11) is 0. The normalized spacial score (nSPS) is 18.6. The van der Waals surface area contributed by atoms with Crippen molar-refractivity contribution in [1.29, 1.82) is 0 Å². The number of nitrogens with one attached hydrogen (secondary N) is 10. The minimum absolute atomic E-state index is 0.0136. The molecule has 0 saturated carbocycles. The van der Waals surface area contributed by atoms with Crippen molar-refractivity contribution in [3.8, 4) is 0 Å². The molecule has 44 nitrogen and oxygen atoms in total. The Morgan fingerprint density at radius 1 is 0.398 bits per heavy atom. The zero-order valence-corrected chi connectivity index (χ0v) is 62.7. The number of rotatable bonds is 43. The third-order valence-electron chi connectivity index (χ3n) is 16.4. The van der Waals surface area contributed by atoms with Crippen LogP contribution in [0.2, 0.25) is 0 Å². The van der Waals surface area contributed by atoms with Crippen molar-refractivity contribution in [3.63, 3.8) is 0 Å². The van der Waals surface area contributed by atoms with Crippen molar-refractivity contribution in [2.45, 2.75) is 208 Å². The summed E-state index contributed by atoms with van der Waals surface area (Å²) in [5.41, 5.74) is 84.3. The van der Waals surface area contributed by atoms with Gasteiger partial charge in [-0.1, -0.05) is 0 Å². The Kier molecular flexibility index (Phi) is 49.5. The second-order valence-electron chi connectivity index (χ2n) is 25.5. The van der Waals surface area contributed by atoms with Gasteiger partial charge in [0.05, 0.1) is 6.54 Å². The summed E-state index contributed by atoms with van der Waals surface area (Å²) in [6, 6.07) is -12.5. The number of hydrogen-bond donors (Lipinski definition) is 26. The summed E-state index contributed by atoms with van der Waals surface area (Å²) in [6.07, 6.45) is 1.91. The van der Waals surface area contributed by atoms with Crippen molar-refractivity contribution in [2.75, 3.05) is 77.7 Å². The molecule has 0 spiro atoms. The molecule has 108 heavy (non-hydrogen) atoms. The zero-order valence-electron chi connectivity index (χ0n) is 61.8. The van der Waals surface area contributed by atoms with Crippen LogP contribution >= 0.6 is 12.6 Å². The first kappa shape index (κ1) is 95.5. The number of primary amides is 1. The van der Waals surface area contributed by atoms with Gasteiger partial charge in [-0.2, -0.15) is 12.6 Å². The third kappa shape index (κ3) is 44.5. The Hall–Kier alpha value is -10.5. The Morgan fingerprint density at radius 2 is 0.722 bits per heavy atom. The lowest BCUT2D eigenvalue weighted by atomic mass is 10.0. The zero-order chi connectivity index (χ0) is 80.9. The van der Waals surface area contributed by atoms with Crippen molar-refractivity contribution in [3.05, 3.63) is 0 Å². The van der Waals surface area contributed by atoms with Gasteiger partial charge in [0.15, 0.2) is 35.8 Å². The molecule has 1 rings (SSSR count). The van der Waals surface area contributed by atoms with E-state index in [4.69, 9.17) is 86.0 Å². The summed E-state index contributed by atoms with van der Waals surface area (Å²) in [5.74, 6) is -11.4. The van der Waals surface area contributed by atoms with E-state index in [1.54, 1.807) is 0 Å². The van der Waals surface area contributed by atoms with E-state index >= 15 is 9.59 Å². The number of hydrogen-bond acceptors (Lipinski definition) is 21. The van der Waals surface area contributed by atoms with Crippen molar-refractivity contribution < 1.29 is 57.5 Å². The molecule has 1 aliphatic rings. The van der Waals surface area contributed by atoms with Crippen LogP contribution in [0, 0.1) is 0 Å². The second-order valence-corrected chi connectivity index (χ2v) is 25.9. The lowest BCUT2D eigenvalue weighted by Crippen LogP contribution is -2.60. The molecule has 45 heteroatoms. The summed E-state index contributed by atoms with van der Waals surface area (Å²) in [5, 5.41) is 26.9. The summed E-state index contributed by atoms with van der Waals surface area (Å²) >= 11 is 4.10. The number of carbonyl (C=O) groups excluding carboxylic acids is 12. The van der Waals surface area contributed by atoms with E-state index in [9.17, 15) is 47.9 Å². The van der Waals surface area contributed by atoms with E-state index in [0.29, 0.717) is 25.7 Å². The van der Waals surface area contributed by atoms with Crippen LogP contribution in [0.5, 0.6) is 0 Å². The van der Waals surface area contributed by atoms with Gasteiger partial charge < -0.3 is 144 Å². The molecule has 0 aromatic rings. The minimum atomic E-state index is -1.53. The Bertz CT molecular complexity index is 3030. The molecule has 0 aromatic heterocycles. The monoisotopic (exact) mass is 1550 g/mol. The van der Waals surface area contributed by atoms with Gasteiger partial charge in [0.25, 0.3) is 0 Å². The summed E-state index contributed by atoms with van der Waals surface area (Å²) in [6.45, 7) is -0.592. The third-order valence-corrected chi connectivity index (χ3v) is 16.7. The Balaban J connectivity index is 4.23. The average molecular weight is 1550 g/mol. The molecule has 0 aliphatic carbocycles. The molecular formula is C63H122N32O12S. The highest BCUT2D eigenvalue weighted by molar-refractivity contribution is 7.80. The van der Waals surface area contributed by atoms with Gasteiger partial charge in [-0.25, -0.2) is 0 Å².